The Balaban J connectivity index is 2.57. The maximum Gasteiger partial charge on any atom is 0.165 e. The molecule has 1 aromatic rings. The second kappa shape index (κ2) is 3.17. The predicted molar refractivity (Wildman–Crippen MR) is 52.6 cm³/mol. The monoisotopic (exact) mass is 213 g/mol. The molecule has 1 unspecified atom stereocenters. The lowest BCUT2D eigenvalue weighted by molar-refractivity contribution is 0.397. The fraction of sp³-hybridized carbons (Fsp3) is 0.455. The van der Waals surface area contributed by atoms with Gasteiger partial charge in [0.15, 0.2) is 11.6 Å². The minimum absolute atomic E-state index is 0.0394. The number of benzene rings is 1. The summed E-state index contributed by atoms with van der Waals surface area (Å²) in [4.78, 5) is 0. The largest absolute Gasteiger partial charge is 0.505 e. The van der Waals surface area contributed by atoms with Crippen molar-refractivity contribution in [1.82, 2.24) is 0 Å². The second-order valence-electron chi connectivity index (χ2n) is 4.20. The summed E-state index contributed by atoms with van der Waals surface area (Å²) in [5.41, 5.74) is 5.22. The first-order chi connectivity index (χ1) is 6.99. The van der Waals surface area contributed by atoms with E-state index in [0.717, 1.165) is 12.1 Å². The highest BCUT2D eigenvalue weighted by Gasteiger charge is 2.51. The molecule has 2 nitrogen and oxygen atoms in total. The molecule has 1 saturated carbocycles. The highest BCUT2D eigenvalue weighted by molar-refractivity contribution is 5.45. The van der Waals surface area contributed by atoms with Crippen LogP contribution in [0.4, 0.5) is 8.78 Å². The molecule has 82 valence electrons. The topological polar surface area (TPSA) is 46.2 Å². The molecule has 1 aliphatic rings. The highest BCUT2D eigenvalue weighted by atomic mass is 19.1. The summed E-state index contributed by atoms with van der Waals surface area (Å²) in [5.74, 6) is -1.97. The zero-order valence-corrected chi connectivity index (χ0v) is 8.43. The number of aromatic hydroxyl groups is 1. The number of hydrogen-bond acceptors (Lipinski definition) is 2. The van der Waals surface area contributed by atoms with Crippen LogP contribution in [0.3, 0.4) is 0 Å². The lowest BCUT2D eigenvalue weighted by Gasteiger charge is -2.21. The van der Waals surface area contributed by atoms with Gasteiger partial charge in [-0.25, -0.2) is 8.78 Å². The van der Waals surface area contributed by atoms with Crippen molar-refractivity contribution in [3.8, 4) is 5.75 Å². The lowest BCUT2D eigenvalue weighted by atomic mass is 9.88. The van der Waals surface area contributed by atoms with Gasteiger partial charge in [0.25, 0.3) is 0 Å². The minimum Gasteiger partial charge on any atom is -0.505 e. The molecular formula is C11H13F2NO. The standard InChI is InChI=1S/C11H13F2NO/c1-6(14)11(4-5-11)9-7(12)2-3-8(13)10(9)15/h2-3,6,15H,4-5,14H2,1H3. The number of hydrogen-bond donors (Lipinski definition) is 2. The first kappa shape index (κ1) is 10.4. The van der Waals surface area contributed by atoms with Crippen LogP contribution in [0.25, 0.3) is 0 Å². The summed E-state index contributed by atoms with van der Waals surface area (Å²) in [6.45, 7) is 1.75. The van der Waals surface area contributed by atoms with Crippen molar-refractivity contribution in [3.63, 3.8) is 0 Å². The van der Waals surface area contributed by atoms with Crippen LogP contribution in [0.2, 0.25) is 0 Å². The van der Waals surface area contributed by atoms with Gasteiger partial charge in [-0.2, -0.15) is 0 Å². The summed E-state index contributed by atoms with van der Waals surface area (Å²) < 4.78 is 26.7. The molecule has 0 aliphatic heterocycles. The molecule has 15 heavy (non-hydrogen) atoms. The third kappa shape index (κ3) is 1.40. The Kier molecular flexibility index (Phi) is 2.19. The number of phenolic OH excluding ortho intramolecular Hbond substituents is 1. The summed E-state index contributed by atoms with van der Waals surface area (Å²) in [5, 5.41) is 9.53. The third-order valence-corrected chi connectivity index (χ3v) is 3.24. The summed E-state index contributed by atoms with van der Waals surface area (Å²) >= 11 is 0. The van der Waals surface area contributed by atoms with Crippen molar-refractivity contribution in [2.24, 2.45) is 5.73 Å². The summed E-state index contributed by atoms with van der Waals surface area (Å²) in [6, 6.07) is 1.66. The fourth-order valence-corrected chi connectivity index (χ4v) is 2.08. The van der Waals surface area contributed by atoms with Crippen LogP contribution >= 0.6 is 0 Å². The first-order valence-corrected chi connectivity index (χ1v) is 4.92. The van der Waals surface area contributed by atoms with Crippen LogP contribution in [0.1, 0.15) is 25.3 Å². The van der Waals surface area contributed by atoms with Crippen LogP contribution in [0, 0.1) is 11.6 Å². The molecule has 1 atom stereocenters. The number of nitrogens with two attached hydrogens (primary N) is 1. The van der Waals surface area contributed by atoms with Crippen LogP contribution in [0.15, 0.2) is 12.1 Å². The van der Waals surface area contributed by atoms with Gasteiger partial charge in [-0.05, 0) is 31.9 Å². The van der Waals surface area contributed by atoms with Crippen molar-refractivity contribution in [1.29, 1.82) is 0 Å². The highest BCUT2D eigenvalue weighted by Crippen LogP contribution is 2.54. The van der Waals surface area contributed by atoms with Gasteiger partial charge in [0.1, 0.15) is 5.82 Å². The summed E-state index contributed by atoms with van der Waals surface area (Å²) in [7, 11) is 0. The molecule has 0 radical (unpaired) electrons. The van der Waals surface area contributed by atoms with Crippen LogP contribution in [-0.4, -0.2) is 11.1 Å². The molecule has 0 saturated heterocycles. The minimum atomic E-state index is -0.793. The molecule has 0 spiro atoms. The van der Waals surface area contributed by atoms with E-state index in [0.29, 0.717) is 12.8 Å². The van der Waals surface area contributed by atoms with E-state index in [-0.39, 0.29) is 11.6 Å². The normalized spacial score (nSPS) is 20.0. The molecule has 1 fully saturated rings. The van der Waals surface area contributed by atoms with Gasteiger partial charge in [-0.3, -0.25) is 0 Å². The Morgan fingerprint density at radius 1 is 1.33 bits per heavy atom. The van der Waals surface area contributed by atoms with E-state index < -0.39 is 22.8 Å². The fourth-order valence-electron chi connectivity index (χ4n) is 2.08. The Morgan fingerprint density at radius 3 is 2.33 bits per heavy atom. The van der Waals surface area contributed by atoms with E-state index >= 15 is 0 Å². The zero-order chi connectivity index (χ0) is 11.2. The van der Waals surface area contributed by atoms with E-state index in [9.17, 15) is 13.9 Å². The van der Waals surface area contributed by atoms with Crippen molar-refractivity contribution >= 4 is 0 Å². The number of halogens is 2. The third-order valence-electron chi connectivity index (χ3n) is 3.24. The Bertz CT molecular complexity index is 400. The smallest absolute Gasteiger partial charge is 0.165 e. The van der Waals surface area contributed by atoms with Crippen molar-refractivity contribution in [2.75, 3.05) is 0 Å². The molecule has 4 heteroatoms. The molecule has 2 rings (SSSR count). The van der Waals surface area contributed by atoms with Gasteiger partial charge in [0, 0.05) is 17.0 Å². The zero-order valence-electron chi connectivity index (χ0n) is 8.43. The SMILES string of the molecule is CC(N)C1(c2c(F)ccc(F)c2O)CC1. The van der Waals surface area contributed by atoms with E-state index in [1.54, 1.807) is 6.92 Å². The lowest BCUT2D eigenvalue weighted by Crippen LogP contribution is -2.32. The maximum atomic E-state index is 13.5. The number of phenols is 1. The molecule has 0 heterocycles. The van der Waals surface area contributed by atoms with E-state index in [1.807, 2.05) is 0 Å². The average Bonchev–Trinajstić information content (AvgIpc) is 2.93. The van der Waals surface area contributed by atoms with Gasteiger partial charge < -0.3 is 10.8 Å². The number of rotatable bonds is 2. The molecule has 0 aromatic heterocycles. The molecule has 1 aromatic carbocycles. The molecule has 0 amide bonds. The van der Waals surface area contributed by atoms with Crippen molar-refractivity contribution in [3.05, 3.63) is 29.3 Å². The Labute approximate surface area is 86.7 Å². The molecular weight excluding hydrogens is 200 g/mol. The molecule has 3 N–H and O–H groups in total. The van der Waals surface area contributed by atoms with Crippen molar-refractivity contribution in [2.45, 2.75) is 31.2 Å². The Morgan fingerprint density at radius 2 is 1.87 bits per heavy atom. The first-order valence-electron chi connectivity index (χ1n) is 4.92. The van der Waals surface area contributed by atoms with E-state index in [4.69, 9.17) is 5.73 Å². The van der Waals surface area contributed by atoms with Crippen LogP contribution in [-0.2, 0) is 5.41 Å². The van der Waals surface area contributed by atoms with Gasteiger partial charge in [-0.1, -0.05) is 0 Å². The van der Waals surface area contributed by atoms with E-state index in [2.05, 4.69) is 0 Å². The molecule has 1 aliphatic carbocycles. The second-order valence-corrected chi connectivity index (χ2v) is 4.20. The van der Waals surface area contributed by atoms with Gasteiger partial charge in [-0.15, -0.1) is 0 Å². The predicted octanol–water partition coefficient (Wildman–Crippen LogP) is 2.05. The molecule has 0 bridgehead atoms. The summed E-state index contributed by atoms with van der Waals surface area (Å²) in [6.07, 6.45) is 1.39. The Hall–Kier alpha value is -1.16. The van der Waals surface area contributed by atoms with Gasteiger partial charge in [0.05, 0.1) is 0 Å². The quantitative estimate of drug-likeness (QED) is 0.789. The van der Waals surface area contributed by atoms with Gasteiger partial charge in [0.2, 0.25) is 0 Å². The van der Waals surface area contributed by atoms with Gasteiger partial charge >= 0.3 is 0 Å². The van der Waals surface area contributed by atoms with Crippen molar-refractivity contribution < 1.29 is 13.9 Å². The maximum absolute atomic E-state index is 13.5. The van der Waals surface area contributed by atoms with Crippen LogP contribution in [0.5, 0.6) is 5.75 Å². The van der Waals surface area contributed by atoms with Crippen LogP contribution < -0.4 is 5.73 Å². The van der Waals surface area contributed by atoms with E-state index in [1.165, 1.54) is 0 Å². The average molecular weight is 213 g/mol.